The van der Waals surface area contributed by atoms with Gasteiger partial charge in [-0.3, -0.25) is 4.79 Å². The highest BCUT2D eigenvalue weighted by Crippen LogP contribution is 2.10. The highest BCUT2D eigenvalue weighted by Gasteiger charge is 2.08. The third kappa shape index (κ3) is 3.94. The van der Waals surface area contributed by atoms with Crippen molar-refractivity contribution in [2.75, 3.05) is 6.54 Å². The Morgan fingerprint density at radius 1 is 1.38 bits per heavy atom. The lowest BCUT2D eigenvalue weighted by Gasteiger charge is -2.05. The SMILES string of the molecule is Cc1cc(CNC(=O)c2ccc(C)c(C#CCN)c2)on1. The van der Waals surface area contributed by atoms with Crippen LogP contribution in [0.15, 0.2) is 28.8 Å². The molecule has 0 saturated carbocycles. The first-order valence-corrected chi connectivity index (χ1v) is 6.60. The predicted molar refractivity (Wildman–Crippen MR) is 79.5 cm³/mol. The first-order chi connectivity index (χ1) is 10.1. The molecule has 2 aromatic rings. The van der Waals surface area contributed by atoms with E-state index < -0.39 is 0 Å². The lowest BCUT2D eigenvalue weighted by molar-refractivity contribution is 0.0947. The van der Waals surface area contributed by atoms with Gasteiger partial charge in [-0.25, -0.2) is 0 Å². The Hall–Kier alpha value is -2.58. The zero-order valence-corrected chi connectivity index (χ0v) is 12.1. The molecule has 0 saturated heterocycles. The molecular formula is C16H17N3O2. The topological polar surface area (TPSA) is 81.2 Å². The predicted octanol–water partition coefficient (Wildman–Crippen LogP) is 1.53. The minimum absolute atomic E-state index is 0.181. The molecule has 0 spiro atoms. The molecule has 1 aromatic heterocycles. The number of nitrogens with one attached hydrogen (secondary N) is 1. The van der Waals surface area contributed by atoms with Gasteiger partial charge in [0.2, 0.25) is 0 Å². The summed E-state index contributed by atoms with van der Waals surface area (Å²) in [6.45, 7) is 4.37. The maximum absolute atomic E-state index is 12.1. The minimum atomic E-state index is -0.181. The van der Waals surface area contributed by atoms with Gasteiger partial charge in [-0.2, -0.15) is 0 Å². The van der Waals surface area contributed by atoms with Gasteiger partial charge in [0, 0.05) is 17.2 Å². The van der Waals surface area contributed by atoms with Gasteiger partial charge >= 0.3 is 0 Å². The van der Waals surface area contributed by atoms with Crippen molar-refractivity contribution in [3.05, 3.63) is 52.4 Å². The lowest BCUT2D eigenvalue weighted by atomic mass is 10.0. The van der Waals surface area contributed by atoms with Crippen LogP contribution < -0.4 is 11.1 Å². The second kappa shape index (κ2) is 6.73. The Morgan fingerprint density at radius 2 is 2.19 bits per heavy atom. The Kier molecular flexibility index (Phi) is 4.75. The number of carbonyl (C=O) groups is 1. The largest absolute Gasteiger partial charge is 0.359 e. The number of hydrogen-bond acceptors (Lipinski definition) is 4. The van der Waals surface area contributed by atoms with Crippen LogP contribution >= 0.6 is 0 Å². The summed E-state index contributed by atoms with van der Waals surface area (Å²) in [5, 5.41) is 6.56. The maximum atomic E-state index is 12.1. The molecule has 0 aliphatic rings. The number of amides is 1. The molecule has 1 aromatic carbocycles. The second-order valence-corrected chi connectivity index (χ2v) is 4.65. The Bertz CT molecular complexity index is 708. The standard InChI is InChI=1S/C16H17N3O2/c1-11-5-6-14(9-13(11)4-3-7-17)16(20)18-10-15-8-12(2)19-21-15/h5-6,8-9H,7,10,17H2,1-2H3,(H,18,20). The molecule has 0 fully saturated rings. The fourth-order valence-electron chi connectivity index (χ4n) is 1.81. The fourth-order valence-corrected chi connectivity index (χ4v) is 1.81. The minimum Gasteiger partial charge on any atom is -0.359 e. The molecule has 21 heavy (non-hydrogen) atoms. The molecule has 1 heterocycles. The van der Waals surface area contributed by atoms with E-state index in [4.69, 9.17) is 10.3 Å². The quantitative estimate of drug-likeness (QED) is 0.837. The highest BCUT2D eigenvalue weighted by atomic mass is 16.5. The molecule has 5 nitrogen and oxygen atoms in total. The molecule has 0 aliphatic carbocycles. The van der Waals surface area contributed by atoms with Crippen LogP contribution in [0.2, 0.25) is 0 Å². The van der Waals surface area contributed by atoms with Gasteiger partial charge in [0.05, 0.1) is 18.8 Å². The summed E-state index contributed by atoms with van der Waals surface area (Å²) in [6, 6.07) is 7.19. The summed E-state index contributed by atoms with van der Waals surface area (Å²) in [7, 11) is 0. The monoisotopic (exact) mass is 283 g/mol. The molecule has 0 atom stereocenters. The summed E-state index contributed by atoms with van der Waals surface area (Å²) in [5.41, 5.74) is 8.53. The molecule has 0 radical (unpaired) electrons. The van der Waals surface area contributed by atoms with E-state index in [1.807, 2.05) is 19.9 Å². The normalized spacial score (nSPS) is 9.86. The van der Waals surface area contributed by atoms with E-state index in [0.29, 0.717) is 24.4 Å². The highest BCUT2D eigenvalue weighted by molar-refractivity contribution is 5.94. The van der Waals surface area contributed by atoms with Crippen LogP contribution in [-0.2, 0) is 6.54 Å². The van der Waals surface area contributed by atoms with Gasteiger partial charge in [-0.1, -0.05) is 23.1 Å². The van der Waals surface area contributed by atoms with E-state index in [-0.39, 0.29) is 5.91 Å². The molecule has 3 N–H and O–H groups in total. The molecule has 2 rings (SSSR count). The average Bonchev–Trinajstić information content (AvgIpc) is 2.89. The van der Waals surface area contributed by atoms with E-state index in [1.165, 1.54) is 0 Å². The van der Waals surface area contributed by atoms with Crippen molar-refractivity contribution in [2.45, 2.75) is 20.4 Å². The first-order valence-electron chi connectivity index (χ1n) is 6.60. The van der Waals surface area contributed by atoms with Crippen molar-refractivity contribution in [2.24, 2.45) is 5.73 Å². The Morgan fingerprint density at radius 3 is 2.86 bits per heavy atom. The van der Waals surface area contributed by atoms with Crippen LogP contribution in [0.3, 0.4) is 0 Å². The van der Waals surface area contributed by atoms with Gasteiger partial charge in [-0.05, 0) is 31.5 Å². The summed E-state index contributed by atoms with van der Waals surface area (Å²) in [6.07, 6.45) is 0. The van der Waals surface area contributed by atoms with Crippen molar-refractivity contribution >= 4 is 5.91 Å². The molecule has 0 bridgehead atoms. The Balaban J connectivity index is 2.08. The number of nitrogens with zero attached hydrogens (tertiary/aromatic N) is 1. The molecular weight excluding hydrogens is 266 g/mol. The lowest BCUT2D eigenvalue weighted by Crippen LogP contribution is -2.22. The zero-order valence-electron chi connectivity index (χ0n) is 12.1. The number of hydrogen-bond donors (Lipinski definition) is 2. The third-order valence-corrected chi connectivity index (χ3v) is 2.92. The zero-order chi connectivity index (χ0) is 15.2. The summed E-state index contributed by atoms with van der Waals surface area (Å²) >= 11 is 0. The average molecular weight is 283 g/mol. The van der Waals surface area contributed by atoms with Crippen LogP contribution in [-0.4, -0.2) is 17.6 Å². The summed E-state index contributed by atoms with van der Waals surface area (Å²) < 4.78 is 5.05. The second-order valence-electron chi connectivity index (χ2n) is 4.65. The van der Waals surface area contributed by atoms with Crippen LogP contribution in [0.1, 0.15) is 32.9 Å². The molecule has 5 heteroatoms. The van der Waals surface area contributed by atoms with Crippen LogP contribution in [0, 0.1) is 25.7 Å². The maximum Gasteiger partial charge on any atom is 0.251 e. The molecule has 0 unspecified atom stereocenters. The van der Waals surface area contributed by atoms with Crippen molar-refractivity contribution in [1.29, 1.82) is 0 Å². The van der Waals surface area contributed by atoms with Gasteiger partial charge in [0.25, 0.3) is 5.91 Å². The van der Waals surface area contributed by atoms with Crippen LogP contribution in [0.5, 0.6) is 0 Å². The van der Waals surface area contributed by atoms with Crippen LogP contribution in [0.4, 0.5) is 0 Å². The van der Waals surface area contributed by atoms with Gasteiger partial charge < -0.3 is 15.6 Å². The van der Waals surface area contributed by atoms with Crippen molar-refractivity contribution in [3.8, 4) is 11.8 Å². The molecule has 108 valence electrons. The van der Waals surface area contributed by atoms with Crippen molar-refractivity contribution in [3.63, 3.8) is 0 Å². The third-order valence-electron chi connectivity index (χ3n) is 2.92. The fraction of sp³-hybridized carbons (Fsp3) is 0.250. The van der Waals surface area contributed by atoms with E-state index in [1.54, 1.807) is 18.2 Å². The Labute approximate surface area is 123 Å². The number of rotatable bonds is 3. The van der Waals surface area contributed by atoms with E-state index >= 15 is 0 Å². The van der Waals surface area contributed by atoms with Gasteiger partial charge in [-0.15, -0.1) is 0 Å². The number of aryl methyl sites for hydroxylation is 2. The van der Waals surface area contributed by atoms with Crippen molar-refractivity contribution < 1.29 is 9.32 Å². The summed E-state index contributed by atoms with van der Waals surface area (Å²) in [4.78, 5) is 12.1. The number of nitrogens with two attached hydrogens (primary N) is 1. The number of carbonyl (C=O) groups excluding carboxylic acids is 1. The number of aromatic nitrogens is 1. The van der Waals surface area contributed by atoms with Gasteiger partial charge in [0.1, 0.15) is 0 Å². The molecule has 1 amide bonds. The molecule has 0 aliphatic heterocycles. The van der Waals surface area contributed by atoms with E-state index in [0.717, 1.165) is 16.8 Å². The summed E-state index contributed by atoms with van der Waals surface area (Å²) in [5.74, 6) is 6.20. The van der Waals surface area contributed by atoms with E-state index in [2.05, 4.69) is 22.3 Å². The van der Waals surface area contributed by atoms with Crippen molar-refractivity contribution in [1.82, 2.24) is 10.5 Å². The first kappa shape index (κ1) is 14.8. The van der Waals surface area contributed by atoms with Gasteiger partial charge in [0.15, 0.2) is 5.76 Å². The number of benzene rings is 1. The van der Waals surface area contributed by atoms with Crippen LogP contribution in [0.25, 0.3) is 0 Å². The van der Waals surface area contributed by atoms with E-state index in [9.17, 15) is 4.79 Å². The smallest absolute Gasteiger partial charge is 0.251 e.